The fraction of sp³-hybridized carbons (Fsp3) is 0.381. The molecule has 1 aliphatic rings. The lowest BCUT2D eigenvalue weighted by Gasteiger charge is -2.44. The molecule has 4 rings (SSSR count). The summed E-state index contributed by atoms with van der Waals surface area (Å²) in [7, 11) is 1.49. The number of amides is 1. The molecule has 1 amide bonds. The average Bonchev–Trinajstić information content (AvgIpc) is 3.18. The van der Waals surface area contributed by atoms with E-state index in [1.807, 2.05) is 11.8 Å². The predicted octanol–water partition coefficient (Wildman–Crippen LogP) is 2.84. The van der Waals surface area contributed by atoms with Crippen LogP contribution in [0.15, 0.2) is 36.5 Å². The van der Waals surface area contributed by atoms with E-state index in [1.165, 1.54) is 19.2 Å². The van der Waals surface area contributed by atoms with Crippen molar-refractivity contribution >= 4 is 17.1 Å². The molecule has 1 fully saturated rings. The quantitative estimate of drug-likeness (QED) is 0.733. The molecule has 3 aromatic rings. The van der Waals surface area contributed by atoms with Gasteiger partial charge in [-0.15, -0.1) is 0 Å². The smallest absolute Gasteiger partial charge is 0.278 e. The Hall–Kier alpha value is -3.00. The monoisotopic (exact) mass is 397 g/mol. The van der Waals surface area contributed by atoms with E-state index in [4.69, 9.17) is 4.74 Å². The second-order valence-electron chi connectivity index (χ2n) is 7.50. The maximum atomic E-state index is 13.3. The number of rotatable bonds is 4. The number of methoxy groups -OCH3 is 1. The van der Waals surface area contributed by atoms with Crippen LogP contribution in [0.25, 0.3) is 11.2 Å². The lowest BCUT2D eigenvalue weighted by atomic mass is 10.1. The van der Waals surface area contributed by atoms with Crippen LogP contribution in [0.2, 0.25) is 0 Å². The van der Waals surface area contributed by atoms with E-state index in [0.29, 0.717) is 30.8 Å². The minimum atomic E-state index is -0.236. The highest BCUT2D eigenvalue weighted by Crippen LogP contribution is 2.24. The number of hydrogen-bond acceptors (Lipinski definition) is 5. The van der Waals surface area contributed by atoms with Gasteiger partial charge < -0.3 is 14.6 Å². The highest BCUT2D eigenvalue weighted by Gasteiger charge is 2.34. The molecule has 0 bridgehead atoms. The van der Waals surface area contributed by atoms with Crippen LogP contribution >= 0.6 is 0 Å². The fourth-order valence-electron chi connectivity index (χ4n) is 3.80. The minimum Gasteiger partial charge on any atom is -0.479 e. The molecule has 3 heterocycles. The summed E-state index contributed by atoms with van der Waals surface area (Å²) in [5, 5.41) is 0. The SMILES string of the molecule is COc1nc2[nH]ccc2nc1C(=O)N1C[C@H](C)N(Cc2ccc(F)cc2)C[C@H]1C. The molecular weight excluding hydrogens is 373 g/mol. The molecule has 1 aromatic carbocycles. The second-order valence-corrected chi connectivity index (χ2v) is 7.50. The van der Waals surface area contributed by atoms with Crippen molar-refractivity contribution in [2.75, 3.05) is 20.2 Å². The molecule has 1 N–H and O–H groups in total. The first kappa shape index (κ1) is 19.3. The summed E-state index contributed by atoms with van der Waals surface area (Å²) in [6, 6.07) is 8.48. The maximum absolute atomic E-state index is 13.3. The summed E-state index contributed by atoms with van der Waals surface area (Å²) in [6.45, 7) is 6.11. The van der Waals surface area contributed by atoms with Crippen LogP contribution in [0.3, 0.4) is 0 Å². The molecule has 1 aliphatic heterocycles. The maximum Gasteiger partial charge on any atom is 0.278 e. The molecule has 29 heavy (non-hydrogen) atoms. The molecule has 1 saturated heterocycles. The molecule has 8 heteroatoms. The lowest BCUT2D eigenvalue weighted by Crippen LogP contribution is -2.57. The van der Waals surface area contributed by atoms with Gasteiger partial charge in [0.25, 0.3) is 5.91 Å². The molecule has 0 spiro atoms. The van der Waals surface area contributed by atoms with E-state index >= 15 is 0 Å². The Morgan fingerprint density at radius 3 is 2.66 bits per heavy atom. The molecule has 2 atom stereocenters. The topological polar surface area (TPSA) is 74.3 Å². The number of nitrogens with zero attached hydrogens (tertiary/aromatic N) is 4. The van der Waals surface area contributed by atoms with Crippen LogP contribution < -0.4 is 4.74 Å². The number of hydrogen-bond donors (Lipinski definition) is 1. The largest absolute Gasteiger partial charge is 0.479 e. The molecular formula is C21H24FN5O2. The molecule has 0 unspecified atom stereocenters. The van der Waals surface area contributed by atoms with Gasteiger partial charge in [-0.2, -0.15) is 4.98 Å². The van der Waals surface area contributed by atoms with E-state index in [9.17, 15) is 9.18 Å². The number of benzene rings is 1. The van der Waals surface area contributed by atoms with Crippen molar-refractivity contribution in [3.63, 3.8) is 0 Å². The van der Waals surface area contributed by atoms with Gasteiger partial charge in [0, 0.05) is 37.9 Å². The highest BCUT2D eigenvalue weighted by molar-refractivity contribution is 5.96. The van der Waals surface area contributed by atoms with Gasteiger partial charge in [-0.05, 0) is 37.6 Å². The van der Waals surface area contributed by atoms with E-state index < -0.39 is 0 Å². The van der Waals surface area contributed by atoms with Gasteiger partial charge in [-0.3, -0.25) is 9.69 Å². The Morgan fingerprint density at radius 1 is 1.17 bits per heavy atom. The van der Waals surface area contributed by atoms with E-state index in [0.717, 1.165) is 5.56 Å². The van der Waals surface area contributed by atoms with Crippen LogP contribution in [-0.2, 0) is 6.54 Å². The Labute approximate surface area is 168 Å². The number of H-pyrrole nitrogens is 1. The summed E-state index contributed by atoms with van der Waals surface area (Å²) in [6.07, 6.45) is 1.73. The molecule has 0 radical (unpaired) electrons. The fourth-order valence-corrected chi connectivity index (χ4v) is 3.80. The third kappa shape index (κ3) is 3.80. The van der Waals surface area contributed by atoms with Crippen molar-refractivity contribution in [2.24, 2.45) is 0 Å². The van der Waals surface area contributed by atoms with Crippen molar-refractivity contribution in [3.8, 4) is 5.88 Å². The van der Waals surface area contributed by atoms with E-state index in [1.54, 1.807) is 24.4 Å². The van der Waals surface area contributed by atoms with Crippen molar-refractivity contribution in [3.05, 3.63) is 53.6 Å². The molecule has 2 aromatic heterocycles. The van der Waals surface area contributed by atoms with Crippen LogP contribution in [0.4, 0.5) is 4.39 Å². The van der Waals surface area contributed by atoms with Gasteiger partial charge in [0.15, 0.2) is 11.3 Å². The summed E-state index contributed by atoms with van der Waals surface area (Å²) < 4.78 is 18.5. The van der Waals surface area contributed by atoms with Crippen molar-refractivity contribution in [1.29, 1.82) is 0 Å². The Kier molecular flexibility index (Phi) is 5.19. The van der Waals surface area contributed by atoms with Gasteiger partial charge >= 0.3 is 0 Å². The molecule has 7 nitrogen and oxygen atoms in total. The standard InChI is InChI=1S/C21H24FN5O2/c1-13-11-27(14(2)10-26(13)12-15-4-6-16(22)7-5-15)21(28)18-20(29-3)25-19-17(24-18)8-9-23-19/h4-9,13-14H,10-12H2,1-3H3,(H,23,25)/t13-,14+/m0/s1. The molecule has 0 aliphatic carbocycles. The van der Waals surface area contributed by atoms with Gasteiger partial charge in [-0.1, -0.05) is 12.1 Å². The van der Waals surface area contributed by atoms with E-state index in [2.05, 4.69) is 26.8 Å². The number of piperazine rings is 1. The zero-order valence-corrected chi connectivity index (χ0v) is 16.7. The lowest BCUT2D eigenvalue weighted by molar-refractivity contribution is 0.0283. The van der Waals surface area contributed by atoms with E-state index in [-0.39, 0.29) is 35.4 Å². The number of halogens is 1. The van der Waals surface area contributed by atoms with Crippen molar-refractivity contribution in [1.82, 2.24) is 24.8 Å². The zero-order chi connectivity index (χ0) is 20.5. The molecule has 152 valence electrons. The second kappa shape index (κ2) is 7.79. The van der Waals surface area contributed by atoms with Crippen LogP contribution in [0.5, 0.6) is 5.88 Å². The first-order valence-corrected chi connectivity index (χ1v) is 9.65. The number of ether oxygens (including phenoxy) is 1. The zero-order valence-electron chi connectivity index (χ0n) is 16.7. The van der Waals surface area contributed by atoms with Crippen LogP contribution in [0.1, 0.15) is 29.9 Å². The minimum absolute atomic E-state index is 0.00687. The number of carbonyl (C=O) groups excluding carboxylic acids is 1. The Balaban J connectivity index is 1.53. The van der Waals surface area contributed by atoms with Crippen molar-refractivity contribution < 1.29 is 13.9 Å². The first-order valence-electron chi connectivity index (χ1n) is 9.65. The van der Waals surface area contributed by atoms with Crippen LogP contribution in [-0.4, -0.2) is 62.9 Å². The normalized spacial score (nSPS) is 20.2. The number of fused-ring (bicyclic) bond motifs is 1. The number of aromatic amines is 1. The predicted molar refractivity (Wildman–Crippen MR) is 107 cm³/mol. The third-order valence-electron chi connectivity index (χ3n) is 5.42. The number of carbonyl (C=O) groups is 1. The van der Waals surface area contributed by atoms with Gasteiger partial charge in [0.05, 0.1) is 7.11 Å². The van der Waals surface area contributed by atoms with Crippen LogP contribution in [0, 0.1) is 5.82 Å². The summed E-state index contributed by atoms with van der Waals surface area (Å²) in [4.78, 5) is 29.2. The number of aromatic nitrogens is 3. The summed E-state index contributed by atoms with van der Waals surface area (Å²) in [5.74, 6) is -0.197. The first-order chi connectivity index (χ1) is 14.0. The molecule has 0 saturated carbocycles. The Bertz CT molecular complexity index is 1020. The Morgan fingerprint density at radius 2 is 1.93 bits per heavy atom. The average molecular weight is 397 g/mol. The van der Waals surface area contributed by atoms with Crippen molar-refractivity contribution in [2.45, 2.75) is 32.5 Å². The summed E-state index contributed by atoms with van der Waals surface area (Å²) in [5.41, 5.74) is 2.50. The van der Waals surface area contributed by atoms with Gasteiger partial charge in [0.1, 0.15) is 11.3 Å². The summed E-state index contributed by atoms with van der Waals surface area (Å²) >= 11 is 0. The van der Waals surface area contributed by atoms with Gasteiger partial charge in [-0.25, -0.2) is 9.37 Å². The van der Waals surface area contributed by atoms with Gasteiger partial charge in [0.2, 0.25) is 5.88 Å². The third-order valence-corrected chi connectivity index (χ3v) is 5.42. The number of nitrogens with one attached hydrogen (secondary N) is 1. The highest BCUT2D eigenvalue weighted by atomic mass is 19.1.